The van der Waals surface area contributed by atoms with Gasteiger partial charge in [-0.05, 0) is 32.4 Å². The van der Waals surface area contributed by atoms with Crippen molar-refractivity contribution in [2.75, 3.05) is 0 Å². The Labute approximate surface area is 106 Å². The van der Waals surface area contributed by atoms with Gasteiger partial charge < -0.3 is 10.1 Å². The monoisotopic (exact) mass is 247 g/mol. The molecule has 1 aromatic rings. The quantitative estimate of drug-likeness (QED) is 0.809. The summed E-state index contributed by atoms with van der Waals surface area (Å²) in [6.07, 6.45) is 0.410. The van der Waals surface area contributed by atoms with Gasteiger partial charge in [0.05, 0.1) is 5.56 Å². The maximum Gasteiger partial charge on any atom is 0.339 e. The van der Waals surface area contributed by atoms with E-state index in [1.54, 1.807) is 19.1 Å². The molecule has 0 aromatic heterocycles. The molecule has 1 unspecified atom stereocenters. The molecule has 1 amide bonds. The number of rotatable bonds is 2. The largest absolute Gasteiger partial charge is 0.445 e. The third-order valence-electron chi connectivity index (χ3n) is 2.98. The highest BCUT2D eigenvalue weighted by Crippen LogP contribution is 2.28. The fraction of sp³-hybridized carbons (Fsp3) is 0.429. The molecule has 1 aliphatic heterocycles. The first-order valence-corrected chi connectivity index (χ1v) is 6.04. The highest BCUT2D eigenvalue weighted by atomic mass is 16.6. The van der Waals surface area contributed by atoms with E-state index in [9.17, 15) is 9.59 Å². The van der Waals surface area contributed by atoms with Crippen molar-refractivity contribution in [3.8, 4) is 0 Å². The second kappa shape index (κ2) is 4.44. The fourth-order valence-corrected chi connectivity index (χ4v) is 2.07. The minimum Gasteiger partial charge on any atom is -0.445 e. The van der Waals surface area contributed by atoms with Crippen molar-refractivity contribution in [1.29, 1.82) is 0 Å². The number of benzene rings is 1. The topological polar surface area (TPSA) is 55.4 Å². The van der Waals surface area contributed by atoms with Gasteiger partial charge in [0.15, 0.2) is 5.60 Å². The van der Waals surface area contributed by atoms with Gasteiger partial charge in [0.25, 0.3) is 5.91 Å². The van der Waals surface area contributed by atoms with Crippen molar-refractivity contribution in [2.45, 2.75) is 38.8 Å². The van der Waals surface area contributed by atoms with E-state index in [2.05, 4.69) is 5.32 Å². The lowest BCUT2D eigenvalue weighted by molar-refractivity contribution is -0.140. The molecule has 96 valence electrons. The molecule has 4 nitrogen and oxygen atoms in total. The van der Waals surface area contributed by atoms with Gasteiger partial charge in [0.2, 0.25) is 0 Å². The number of hydrogen-bond donors (Lipinski definition) is 1. The minimum atomic E-state index is -1.12. The van der Waals surface area contributed by atoms with Crippen LogP contribution in [-0.4, -0.2) is 23.5 Å². The van der Waals surface area contributed by atoms with Crippen LogP contribution in [0, 0.1) is 0 Å². The first kappa shape index (κ1) is 12.6. The highest BCUT2D eigenvalue weighted by Gasteiger charge is 2.42. The standard InChI is InChI=1S/C14H17NO3/c1-9(2)15-13(17)14(3)8-10-6-4-5-7-11(10)12(16)18-14/h4-7,9H,8H2,1-3H3,(H,15,17). The fourth-order valence-electron chi connectivity index (χ4n) is 2.07. The van der Waals surface area contributed by atoms with Crippen LogP contribution in [0.5, 0.6) is 0 Å². The summed E-state index contributed by atoms with van der Waals surface area (Å²) in [7, 11) is 0. The third-order valence-corrected chi connectivity index (χ3v) is 2.98. The molecule has 2 rings (SSSR count). The maximum atomic E-state index is 12.1. The number of nitrogens with one attached hydrogen (secondary N) is 1. The summed E-state index contributed by atoms with van der Waals surface area (Å²) in [6.45, 7) is 5.40. The molecule has 1 atom stereocenters. The van der Waals surface area contributed by atoms with Crippen molar-refractivity contribution in [3.63, 3.8) is 0 Å². The molecule has 0 fully saturated rings. The molecular weight excluding hydrogens is 230 g/mol. The SMILES string of the molecule is CC(C)NC(=O)C1(C)Cc2ccccc2C(=O)O1. The van der Waals surface area contributed by atoms with E-state index in [1.807, 2.05) is 26.0 Å². The van der Waals surface area contributed by atoms with Crippen molar-refractivity contribution in [2.24, 2.45) is 0 Å². The normalized spacial score (nSPS) is 22.3. The molecular formula is C14H17NO3. The summed E-state index contributed by atoms with van der Waals surface area (Å²) in [5, 5.41) is 2.79. The molecule has 0 spiro atoms. The first-order chi connectivity index (χ1) is 8.42. The molecule has 4 heteroatoms. The van der Waals surface area contributed by atoms with Gasteiger partial charge in [0, 0.05) is 12.5 Å². The molecule has 0 radical (unpaired) electrons. The zero-order valence-electron chi connectivity index (χ0n) is 10.8. The van der Waals surface area contributed by atoms with E-state index in [0.29, 0.717) is 12.0 Å². The Morgan fingerprint density at radius 3 is 2.72 bits per heavy atom. The van der Waals surface area contributed by atoms with E-state index >= 15 is 0 Å². The number of esters is 1. The van der Waals surface area contributed by atoms with Crippen molar-refractivity contribution < 1.29 is 14.3 Å². The van der Waals surface area contributed by atoms with Gasteiger partial charge in [-0.1, -0.05) is 18.2 Å². The number of fused-ring (bicyclic) bond motifs is 1. The second-order valence-corrected chi connectivity index (χ2v) is 5.08. The van der Waals surface area contributed by atoms with Crippen LogP contribution in [0.4, 0.5) is 0 Å². The van der Waals surface area contributed by atoms with Crippen LogP contribution in [0.1, 0.15) is 36.7 Å². The number of carbonyl (C=O) groups excluding carboxylic acids is 2. The van der Waals surface area contributed by atoms with E-state index in [-0.39, 0.29) is 11.9 Å². The molecule has 0 aliphatic carbocycles. The van der Waals surface area contributed by atoms with Crippen LogP contribution in [-0.2, 0) is 16.0 Å². The highest BCUT2D eigenvalue weighted by molar-refractivity contribution is 5.97. The van der Waals surface area contributed by atoms with Crippen LogP contribution in [0.15, 0.2) is 24.3 Å². The predicted octanol–water partition coefficient (Wildman–Crippen LogP) is 1.68. The molecule has 1 N–H and O–H groups in total. The summed E-state index contributed by atoms with van der Waals surface area (Å²) in [5.41, 5.74) is 0.290. The summed E-state index contributed by atoms with van der Waals surface area (Å²) in [5.74, 6) is -0.682. The molecule has 1 aliphatic rings. The summed E-state index contributed by atoms with van der Waals surface area (Å²) in [6, 6.07) is 7.24. The Morgan fingerprint density at radius 2 is 2.06 bits per heavy atom. The Morgan fingerprint density at radius 1 is 1.39 bits per heavy atom. The Kier molecular flexibility index (Phi) is 3.11. The average molecular weight is 247 g/mol. The van der Waals surface area contributed by atoms with Gasteiger partial charge >= 0.3 is 5.97 Å². The van der Waals surface area contributed by atoms with Gasteiger partial charge in [-0.25, -0.2) is 4.79 Å². The van der Waals surface area contributed by atoms with Crippen LogP contribution < -0.4 is 5.32 Å². The second-order valence-electron chi connectivity index (χ2n) is 5.08. The van der Waals surface area contributed by atoms with Gasteiger partial charge in [0.1, 0.15) is 0 Å². The Bertz CT molecular complexity index is 496. The van der Waals surface area contributed by atoms with Crippen LogP contribution in [0.2, 0.25) is 0 Å². The maximum absolute atomic E-state index is 12.1. The molecule has 0 bridgehead atoms. The number of hydrogen-bond acceptors (Lipinski definition) is 3. The van der Waals surface area contributed by atoms with Gasteiger partial charge in [-0.2, -0.15) is 0 Å². The summed E-state index contributed by atoms with van der Waals surface area (Å²) in [4.78, 5) is 24.0. The minimum absolute atomic E-state index is 0.0187. The number of ether oxygens (including phenoxy) is 1. The predicted molar refractivity (Wildman–Crippen MR) is 67.2 cm³/mol. The van der Waals surface area contributed by atoms with Crippen molar-refractivity contribution in [3.05, 3.63) is 35.4 Å². The molecule has 0 saturated carbocycles. The molecule has 1 heterocycles. The zero-order valence-corrected chi connectivity index (χ0v) is 10.8. The lowest BCUT2D eigenvalue weighted by Crippen LogP contribution is -2.53. The van der Waals surface area contributed by atoms with Crippen molar-refractivity contribution >= 4 is 11.9 Å². The zero-order chi connectivity index (χ0) is 13.3. The molecule has 0 saturated heterocycles. The van der Waals surface area contributed by atoms with Gasteiger partial charge in [-0.3, -0.25) is 4.79 Å². The van der Waals surface area contributed by atoms with E-state index in [1.165, 1.54) is 0 Å². The Balaban J connectivity index is 2.29. The smallest absolute Gasteiger partial charge is 0.339 e. The van der Waals surface area contributed by atoms with E-state index in [4.69, 9.17) is 4.74 Å². The van der Waals surface area contributed by atoms with Crippen molar-refractivity contribution in [1.82, 2.24) is 5.32 Å². The van der Waals surface area contributed by atoms with Crippen LogP contribution in [0.3, 0.4) is 0 Å². The average Bonchev–Trinajstić information content (AvgIpc) is 2.28. The van der Waals surface area contributed by atoms with Gasteiger partial charge in [-0.15, -0.1) is 0 Å². The summed E-state index contributed by atoms with van der Waals surface area (Å²) < 4.78 is 5.31. The lowest BCUT2D eigenvalue weighted by atomic mass is 9.89. The number of amides is 1. The molecule has 18 heavy (non-hydrogen) atoms. The third kappa shape index (κ3) is 2.23. The number of carbonyl (C=O) groups is 2. The molecule has 1 aromatic carbocycles. The van der Waals surface area contributed by atoms with E-state index < -0.39 is 11.6 Å². The number of cyclic esters (lactones) is 1. The Hall–Kier alpha value is -1.84. The van der Waals surface area contributed by atoms with Crippen LogP contribution >= 0.6 is 0 Å². The van der Waals surface area contributed by atoms with Crippen LogP contribution in [0.25, 0.3) is 0 Å². The van der Waals surface area contributed by atoms with E-state index in [0.717, 1.165) is 5.56 Å². The first-order valence-electron chi connectivity index (χ1n) is 6.04. The lowest BCUT2D eigenvalue weighted by Gasteiger charge is -2.33. The summed E-state index contributed by atoms with van der Waals surface area (Å²) >= 11 is 0.